The van der Waals surface area contributed by atoms with E-state index < -0.39 is 11.8 Å². The maximum atomic E-state index is 11.3. The van der Waals surface area contributed by atoms with Crippen molar-refractivity contribution >= 4 is 29.5 Å². The summed E-state index contributed by atoms with van der Waals surface area (Å²) >= 11 is 1.52. The summed E-state index contributed by atoms with van der Waals surface area (Å²) in [5.41, 5.74) is 4.85. The Morgan fingerprint density at radius 1 is 1.12 bits per heavy atom. The first-order valence-corrected chi connectivity index (χ1v) is 6.46. The lowest BCUT2D eigenvalue weighted by atomic mass is 10.3. The highest BCUT2D eigenvalue weighted by atomic mass is 32.2. The number of hydrogen-bond donors (Lipinski definition) is 3. The fourth-order valence-corrected chi connectivity index (χ4v) is 1.74. The van der Waals surface area contributed by atoms with E-state index in [4.69, 9.17) is 5.73 Å². The third-order valence-corrected chi connectivity index (χ3v) is 2.96. The number of rotatable bonds is 8. The van der Waals surface area contributed by atoms with Crippen molar-refractivity contribution in [2.24, 2.45) is 11.7 Å². The zero-order chi connectivity index (χ0) is 13.3. The minimum Gasteiger partial charge on any atom is -0.368 e. The highest BCUT2D eigenvalue weighted by Crippen LogP contribution is 2.06. The van der Waals surface area contributed by atoms with Crippen molar-refractivity contribution in [3.63, 3.8) is 0 Å². The van der Waals surface area contributed by atoms with Crippen molar-refractivity contribution in [2.75, 3.05) is 24.6 Å². The van der Waals surface area contributed by atoms with Crippen molar-refractivity contribution in [1.29, 1.82) is 0 Å². The summed E-state index contributed by atoms with van der Waals surface area (Å²) in [6.07, 6.45) is 0. The molecule has 0 aliphatic carbocycles. The molecule has 17 heavy (non-hydrogen) atoms. The number of carbonyl (C=O) groups excluding carboxylic acids is 3. The lowest BCUT2D eigenvalue weighted by Gasteiger charge is -2.06. The zero-order valence-corrected chi connectivity index (χ0v) is 10.9. The first-order chi connectivity index (χ1) is 7.91. The van der Waals surface area contributed by atoms with E-state index in [0.29, 0.717) is 11.7 Å². The van der Waals surface area contributed by atoms with Gasteiger partial charge in [-0.15, -0.1) is 0 Å². The molecule has 98 valence electrons. The van der Waals surface area contributed by atoms with Crippen molar-refractivity contribution in [3.8, 4) is 0 Å². The van der Waals surface area contributed by atoms with E-state index >= 15 is 0 Å². The number of carbonyl (C=O) groups is 3. The Bertz CT molecular complexity index is 282. The van der Waals surface area contributed by atoms with Gasteiger partial charge in [-0.3, -0.25) is 14.4 Å². The van der Waals surface area contributed by atoms with Crippen LogP contribution in [0.3, 0.4) is 0 Å². The minimum absolute atomic E-state index is 0.131. The Labute approximate surface area is 105 Å². The number of primary amides is 1. The van der Waals surface area contributed by atoms with Crippen LogP contribution in [0.15, 0.2) is 0 Å². The molecule has 0 saturated carbocycles. The highest BCUT2D eigenvalue weighted by molar-refractivity contribution is 7.99. The SMILES string of the molecule is CC(C)CSCC(=O)NCC(=O)NCC(N)=O. The summed E-state index contributed by atoms with van der Waals surface area (Å²) < 4.78 is 0. The summed E-state index contributed by atoms with van der Waals surface area (Å²) in [5, 5.41) is 4.73. The van der Waals surface area contributed by atoms with Crippen LogP contribution in [0.2, 0.25) is 0 Å². The van der Waals surface area contributed by atoms with Gasteiger partial charge in [0.2, 0.25) is 17.7 Å². The Hall–Kier alpha value is -1.24. The third-order valence-electron chi connectivity index (χ3n) is 1.59. The summed E-state index contributed by atoms with van der Waals surface area (Å²) in [5.74, 6) is 0.544. The zero-order valence-electron chi connectivity index (χ0n) is 10.1. The van der Waals surface area contributed by atoms with Crippen molar-refractivity contribution < 1.29 is 14.4 Å². The van der Waals surface area contributed by atoms with Gasteiger partial charge in [-0.2, -0.15) is 11.8 Å². The van der Waals surface area contributed by atoms with Crippen LogP contribution < -0.4 is 16.4 Å². The molecule has 4 N–H and O–H groups in total. The molecule has 0 aromatic rings. The predicted molar refractivity (Wildman–Crippen MR) is 67.4 cm³/mol. The average Bonchev–Trinajstić information content (AvgIpc) is 2.23. The average molecular weight is 261 g/mol. The van der Waals surface area contributed by atoms with E-state index in [1.165, 1.54) is 11.8 Å². The molecule has 0 fully saturated rings. The first kappa shape index (κ1) is 15.8. The fourth-order valence-electron chi connectivity index (χ4n) is 0.865. The molecule has 0 rings (SSSR count). The summed E-state index contributed by atoms with van der Waals surface area (Å²) in [6, 6.07) is 0. The molecule has 0 saturated heterocycles. The molecule has 0 aromatic heterocycles. The fraction of sp³-hybridized carbons (Fsp3) is 0.700. The lowest BCUT2D eigenvalue weighted by molar-refractivity contribution is -0.126. The number of nitrogens with one attached hydrogen (secondary N) is 2. The van der Waals surface area contributed by atoms with Crippen LogP contribution in [0, 0.1) is 5.92 Å². The van der Waals surface area contributed by atoms with Crippen molar-refractivity contribution in [3.05, 3.63) is 0 Å². The Morgan fingerprint density at radius 2 is 1.71 bits per heavy atom. The lowest BCUT2D eigenvalue weighted by Crippen LogP contribution is -2.41. The number of thioether (sulfide) groups is 1. The maximum absolute atomic E-state index is 11.3. The molecule has 0 spiro atoms. The van der Waals surface area contributed by atoms with Gasteiger partial charge in [0.1, 0.15) is 0 Å². The second kappa shape index (κ2) is 8.86. The second-order valence-electron chi connectivity index (χ2n) is 3.93. The van der Waals surface area contributed by atoms with E-state index in [0.717, 1.165) is 5.75 Å². The van der Waals surface area contributed by atoms with Crippen molar-refractivity contribution in [1.82, 2.24) is 10.6 Å². The molecular weight excluding hydrogens is 242 g/mol. The van der Waals surface area contributed by atoms with Crippen molar-refractivity contribution in [2.45, 2.75) is 13.8 Å². The molecule has 0 unspecified atom stereocenters. The molecule has 0 aromatic carbocycles. The van der Waals surface area contributed by atoms with Gasteiger partial charge in [-0.25, -0.2) is 0 Å². The maximum Gasteiger partial charge on any atom is 0.239 e. The van der Waals surface area contributed by atoms with Gasteiger partial charge in [-0.05, 0) is 11.7 Å². The Balaban J connectivity index is 3.55. The predicted octanol–water partition coefficient (Wildman–Crippen LogP) is -0.907. The van der Waals surface area contributed by atoms with Gasteiger partial charge in [0.25, 0.3) is 0 Å². The summed E-state index contributed by atoms with van der Waals surface area (Å²) in [6.45, 7) is 3.80. The van der Waals surface area contributed by atoms with E-state index in [9.17, 15) is 14.4 Å². The number of amides is 3. The van der Waals surface area contributed by atoms with Crippen LogP contribution in [0.25, 0.3) is 0 Å². The number of hydrogen-bond acceptors (Lipinski definition) is 4. The van der Waals surface area contributed by atoms with Gasteiger partial charge in [-0.1, -0.05) is 13.8 Å². The normalized spacial score (nSPS) is 10.1. The molecular formula is C10H19N3O3S. The highest BCUT2D eigenvalue weighted by Gasteiger charge is 2.06. The molecule has 0 aliphatic rings. The topological polar surface area (TPSA) is 101 Å². The minimum atomic E-state index is -0.614. The Kier molecular flexibility index (Phi) is 8.21. The molecule has 0 atom stereocenters. The van der Waals surface area contributed by atoms with Gasteiger partial charge in [0.15, 0.2) is 0 Å². The van der Waals surface area contributed by atoms with E-state index in [-0.39, 0.29) is 19.0 Å². The first-order valence-electron chi connectivity index (χ1n) is 5.31. The van der Waals surface area contributed by atoms with Gasteiger partial charge in [0.05, 0.1) is 18.8 Å². The molecule has 0 aliphatic heterocycles. The third kappa shape index (κ3) is 11.0. The van der Waals surface area contributed by atoms with E-state index in [2.05, 4.69) is 24.5 Å². The van der Waals surface area contributed by atoms with Crippen LogP contribution in [0.1, 0.15) is 13.8 Å². The van der Waals surface area contributed by atoms with E-state index in [1.807, 2.05) is 0 Å². The van der Waals surface area contributed by atoms with Crippen LogP contribution in [0.5, 0.6) is 0 Å². The molecule has 0 heterocycles. The molecule has 0 bridgehead atoms. The van der Waals surface area contributed by atoms with Gasteiger partial charge in [0, 0.05) is 0 Å². The van der Waals surface area contributed by atoms with Crippen LogP contribution in [-0.2, 0) is 14.4 Å². The van der Waals surface area contributed by atoms with Crippen LogP contribution >= 0.6 is 11.8 Å². The Morgan fingerprint density at radius 3 is 2.24 bits per heavy atom. The molecule has 6 nitrogen and oxygen atoms in total. The summed E-state index contributed by atoms with van der Waals surface area (Å²) in [7, 11) is 0. The monoisotopic (exact) mass is 261 g/mol. The molecule has 7 heteroatoms. The van der Waals surface area contributed by atoms with Gasteiger partial charge >= 0.3 is 0 Å². The smallest absolute Gasteiger partial charge is 0.239 e. The number of nitrogens with two attached hydrogens (primary N) is 1. The van der Waals surface area contributed by atoms with Crippen LogP contribution in [-0.4, -0.2) is 42.3 Å². The largest absolute Gasteiger partial charge is 0.368 e. The molecule has 0 radical (unpaired) electrons. The van der Waals surface area contributed by atoms with Crippen LogP contribution in [0.4, 0.5) is 0 Å². The second-order valence-corrected chi connectivity index (χ2v) is 4.96. The van der Waals surface area contributed by atoms with Gasteiger partial charge < -0.3 is 16.4 Å². The molecule has 3 amide bonds. The van der Waals surface area contributed by atoms with E-state index in [1.54, 1.807) is 0 Å². The quantitative estimate of drug-likeness (QED) is 0.526. The summed E-state index contributed by atoms with van der Waals surface area (Å²) in [4.78, 5) is 32.7. The standard InChI is InChI=1S/C10H19N3O3S/c1-7(2)5-17-6-10(16)13-4-9(15)12-3-8(11)14/h7H,3-6H2,1-2H3,(H2,11,14)(H,12,15)(H,13,16).